The van der Waals surface area contributed by atoms with Gasteiger partial charge in [-0.3, -0.25) is 15.0 Å². The molecule has 0 saturated carbocycles. The molecule has 2 N–H and O–H groups in total. The lowest BCUT2D eigenvalue weighted by Gasteiger charge is -2.21. The average molecular weight is 334 g/mol. The Labute approximate surface area is 145 Å². The molecule has 0 aliphatic carbocycles. The van der Waals surface area contributed by atoms with Crippen molar-refractivity contribution in [1.29, 1.82) is 0 Å². The van der Waals surface area contributed by atoms with Crippen molar-refractivity contribution in [2.75, 3.05) is 16.8 Å². The molecule has 2 aromatic heterocycles. The van der Waals surface area contributed by atoms with E-state index in [2.05, 4.69) is 31.5 Å². The molecule has 0 bridgehead atoms. The number of hydrogen-bond donors (Lipinski definition) is 2. The van der Waals surface area contributed by atoms with Gasteiger partial charge in [-0.05, 0) is 30.9 Å². The molecular weight excluding hydrogens is 316 g/mol. The third kappa shape index (κ3) is 3.21. The molecule has 0 atom stereocenters. The Morgan fingerprint density at radius 1 is 1.04 bits per heavy atom. The van der Waals surface area contributed by atoms with Crippen LogP contribution in [0.2, 0.25) is 0 Å². The number of carbonyl (C=O) groups is 1. The standard InChI is InChI=1S/C18H18N6O/c25-18-23-15-7-2-1-5-13(15)6-3-4-8-24(18)17-12-19-16(11-20-17)14-9-21-22-10-14/h1-2,5,7,9-12H,3-4,6,8H2,(H,21,22)(H,23,25). The highest BCUT2D eigenvalue weighted by Gasteiger charge is 2.20. The van der Waals surface area contributed by atoms with Gasteiger partial charge in [0.2, 0.25) is 0 Å². The van der Waals surface area contributed by atoms with Crippen LogP contribution >= 0.6 is 0 Å². The number of hydrogen-bond acceptors (Lipinski definition) is 4. The molecule has 126 valence electrons. The second-order valence-corrected chi connectivity index (χ2v) is 5.94. The van der Waals surface area contributed by atoms with Crippen LogP contribution in [0.25, 0.3) is 11.3 Å². The third-order valence-corrected chi connectivity index (χ3v) is 4.29. The van der Waals surface area contributed by atoms with Crippen molar-refractivity contribution in [2.24, 2.45) is 0 Å². The number of fused-ring (bicyclic) bond motifs is 1. The van der Waals surface area contributed by atoms with Crippen molar-refractivity contribution >= 4 is 17.5 Å². The molecule has 3 heterocycles. The first-order valence-corrected chi connectivity index (χ1v) is 8.29. The normalized spacial score (nSPS) is 14.9. The number of nitrogens with zero attached hydrogens (tertiary/aromatic N) is 4. The molecule has 4 rings (SSSR count). The van der Waals surface area contributed by atoms with Gasteiger partial charge in [0.05, 0.1) is 24.3 Å². The summed E-state index contributed by atoms with van der Waals surface area (Å²) in [7, 11) is 0. The number of urea groups is 1. The summed E-state index contributed by atoms with van der Waals surface area (Å²) < 4.78 is 0. The smallest absolute Gasteiger partial charge is 0.307 e. The van der Waals surface area contributed by atoms with E-state index < -0.39 is 0 Å². The first kappa shape index (κ1) is 15.3. The highest BCUT2D eigenvalue weighted by Crippen LogP contribution is 2.23. The zero-order valence-corrected chi connectivity index (χ0v) is 13.6. The van der Waals surface area contributed by atoms with Crippen LogP contribution in [0.4, 0.5) is 16.3 Å². The van der Waals surface area contributed by atoms with Gasteiger partial charge in [-0.15, -0.1) is 0 Å². The minimum Gasteiger partial charge on any atom is -0.307 e. The Balaban J connectivity index is 1.59. The Morgan fingerprint density at radius 2 is 1.96 bits per heavy atom. The quantitative estimate of drug-likeness (QED) is 0.753. The van der Waals surface area contributed by atoms with E-state index in [1.807, 2.05) is 18.2 Å². The number of H-pyrrole nitrogens is 1. The van der Waals surface area contributed by atoms with Crippen molar-refractivity contribution in [3.8, 4) is 11.3 Å². The molecule has 7 heteroatoms. The topological polar surface area (TPSA) is 86.8 Å². The van der Waals surface area contributed by atoms with Crippen molar-refractivity contribution in [3.05, 3.63) is 54.6 Å². The second-order valence-electron chi connectivity index (χ2n) is 5.94. The minimum atomic E-state index is -0.181. The lowest BCUT2D eigenvalue weighted by Crippen LogP contribution is -2.36. The zero-order valence-electron chi connectivity index (χ0n) is 13.6. The highest BCUT2D eigenvalue weighted by molar-refractivity contribution is 6.01. The molecule has 0 saturated heterocycles. The van der Waals surface area contributed by atoms with Crippen molar-refractivity contribution in [2.45, 2.75) is 19.3 Å². The number of carbonyl (C=O) groups excluding carboxylic acids is 1. The van der Waals surface area contributed by atoms with Crippen LogP contribution in [0.1, 0.15) is 18.4 Å². The van der Waals surface area contributed by atoms with Crippen molar-refractivity contribution in [3.63, 3.8) is 0 Å². The molecule has 1 aliphatic heterocycles. The summed E-state index contributed by atoms with van der Waals surface area (Å²) in [6, 6.07) is 7.75. The number of benzene rings is 1. The maximum Gasteiger partial charge on any atom is 0.327 e. The van der Waals surface area contributed by atoms with Gasteiger partial charge in [0.1, 0.15) is 0 Å². The number of aromatic nitrogens is 4. The fourth-order valence-electron chi connectivity index (χ4n) is 2.95. The average Bonchev–Trinajstić information content (AvgIpc) is 3.19. The number of aromatic amines is 1. The van der Waals surface area contributed by atoms with Crippen LogP contribution in [0, 0.1) is 0 Å². The molecule has 0 unspecified atom stereocenters. The second kappa shape index (κ2) is 6.72. The van der Waals surface area contributed by atoms with Crippen molar-refractivity contribution < 1.29 is 4.79 Å². The molecule has 2 amide bonds. The number of amides is 2. The van der Waals surface area contributed by atoms with Crippen LogP contribution in [-0.4, -0.2) is 32.7 Å². The molecule has 0 fully saturated rings. The zero-order chi connectivity index (χ0) is 17.1. The Kier molecular flexibility index (Phi) is 4.12. The fourth-order valence-corrected chi connectivity index (χ4v) is 2.95. The summed E-state index contributed by atoms with van der Waals surface area (Å²) in [6.07, 6.45) is 9.62. The van der Waals surface area contributed by atoms with E-state index in [9.17, 15) is 4.79 Å². The predicted molar refractivity (Wildman–Crippen MR) is 95.4 cm³/mol. The van der Waals surface area contributed by atoms with Gasteiger partial charge in [-0.1, -0.05) is 18.2 Å². The predicted octanol–water partition coefficient (Wildman–Crippen LogP) is 3.24. The van der Waals surface area contributed by atoms with E-state index in [-0.39, 0.29) is 6.03 Å². The van der Waals surface area contributed by atoms with Gasteiger partial charge in [0.15, 0.2) is 5.82 Å². The van der Waals surface area contributed by atoms with Gasteiger partial charge in [0, 0.05) is 24.0 Å². The maximum absolute atomic E-state index is 12.7. The van der Waals surface area contributed by atoms with Gasteiger partial charge in [0.25, 0.3) is 0 Å². The summed E-state index contributed by atoms with van der Waals surface area (Å²) >= 11 is 0. The van der Waals surface area contributed by atoms with Crippen LogP contribution < -0.4 is 10.2 Å². The number of rotatable bonds is 2. The minimum absolute atomic E-state index is 0.181. The molecule has 3 aromatic rings. The molecule has 1 aliphatic rings. The molecule has 0 spiro atoms. The fraction of sp³-hybridized carbons (Fsp3) is 0.222. The van der Waals surface area contributed by atoms with Crippen LogP contribution in [0.15, 0.2) is 49.1 Å². The van der Waals surface area contributed by atoms with Crippen LogP contribution in [0.5, 0.6) is 0 Å². The monoisotopic (exact) mass is 334 g/mol. The van der Waals surface area contributed by atoms with E-state index in [1.165, 1.54) is 5.56 Å². The summed E-state index contributed by atoms with van der Waals surface area (Å²) in [4.78, 5) is 23.2. The van der Waals surface area contributed by atoms with Crippen LogP contribution in [0.3, 0.4) is 0 Å². The number of anilines is 2. The first-order valence-electron chi connectivity index (χ1n) is 8.29. The van der Waals surface area contributed by atoms with Gasteiger partial charge >= 0.3 is 6.03 Å². The first-order chi connectivity index (χ1) is 12.3. The van der Waals surface area contributed by atoms with E-state index in [0.717, 1.165) is 30.5 Å². The lowest BCUT2D eigenvalue weighted by molar-refractivity contribution is 0.256. The molecule has 0 radical (unpaired) electrons. The molecule has 7 nitrogen and oxygen atoms in total. The molecule has 25 heavy (non-hydrogen) atoms. The lowest BCUT2D eigenvalue weighted by atomic mass is 10.1. The molecular formula is C18H18N6O. The summed E-state index contributed by atoms with van der Waals surface area (Å²) in [6.45, 7) is 0.611. The Bertz CT molecular complexity index is 860. The van der Waals surface area contributed by atoms with Gasteiger partial charge < -0.3 is 5.32 Å². The summed E-state index contributed by atoms with van der Waals surface area (Å²) in [5, 5.41) is 9.66. The highest BCUT2D eigenvalue weighted by atomic mass is 16.2. The summed E-state index contributed by atoms with van der Waals surface area (Å²) in [5.41, 5.74) is 3.61. The Morgan fingerprint density at radius 3 is 2.76 bits per heavy atom. The number of nitrogens with one attached hydrogen (secondary N) is 2. The van der Waals surface area contributed by atoms with E-state index in [0.29, 0.717) is 18.1 Å². The van der Waals surface area contributed by atoms with Gasteiger partial charge in [-0.25, -0.2) is 9.78 Å². The Hall–Kier alpha value is -3.22. The maximum atomic E-state index is 12.7. The van der Waals surface area contributed by atoms with Gasteiger partial charge in [-0.2, -0.15) is 5.10 Å². The molecule has 1 aromatic carbocycles. The van der Waals surface area contributed by atoms with Crippen LogP contribution in [-0.2, 0) is 6.42 Å². The largest absolute Gasteiger partial charge is 0.327 e. The van der Waals surface area contributed by atoms with E-state index >= 15 is 0 Å². The number of para-hydroxylation sites is 1. The summed E-state index contributed by atoms with van der Waals surface area (Å²) in [5.74, 6) is 0.545. The van der Waals surface area contributed by atoms with Crippen molar-refractivity contribution in [1.82, 2.24) is 20.2 Å². The SMILES string of the molecule is O=C1Nc2ccccc2CCCCN1c1cnc(-c2cn[nH]c2)cn1. The van der Waals surface area contributed by atoms with E-state index in [1.54, 1.807) is 29.7 Å². The number of aryl methyl sites for hydroxylation is 1. The van der Waals surface area contributed by atoms with E-state index in [4.69, 9.17) is 0 Å². The third-order valence-electron chi connectivity index (χ3n) is 4.29.